The number of carbonyl (C=O) groups is 1. The smallest absolute Gasteiger partial charge is 0.355 e. The number of hydrogen-bond acceptors (Lipinski definition) is 3. The van der Waals surface area contributed by atoms with E-state index >= 15 is 0 Å². The Labute approximate surface area is 99.7 Å². The second-order valence-corrected chi connectivity index (χ2v) is 3.65. The van der Waals surface area contributed by atoms with E-state index in [1.54, 1.807) is 13.1 Å². The number of nitrogens with one attached hydrogen (secondary N) is 1. The molecule has 2 rings (SSSR count). The quantitative estimate of drug-likeness (QED) is 0.824. The Morgan fingerprint density at radius 2 is 2.24 bits per heavy atom. The van der Waals surface area contributed by atoms with Gasteiger partial charge in [-0.2, -0.15) is 0 Å². The van der Waals surface area contributed by atoms with Gasteiger partial charge in [-0.25, -0.2) is 4.79 Å². The van der Waals surface area contributed by atoms with Crippen LogP contribution >= 0.6 is 0 Å². The summed E-state index contributed by atoms with van der Waals surface area (Å²) in [4.78, 5) is 19.0. The van der Waals surface area contributed by atoms with Crippen molar-refractivity contribution in [3.05, 3.63) is 41.9 Å². The highest BCUT2D eigenvalue weighted by Gasteiger charge is 2.15. The maximum Gasteiger partial charge on any atom is 0.355 e. The zero-order chi connectivity index (χ0) is 12.3. The van der Waals surface area contributed by atoms with Gasteiger partial charge in [0.1, 0.15) is 5.69 Å². The zero-order valence-corrected chi connectivity index (χ0v) is 9.86. The standard InChI is InChI=1S/C13H14N2O2/c1-3-17-13(16)12-10(7-8-14-12)11-6-4-5-9(2)15-11/h4-8,14H,3H2,1-2H3. The fourth-order valence-corrected chi connectivity index (χ4v) is 1.65. The van der Waals surface area contributed by atoms with Gasteiger partial charge >= 0.3 is 5.97 Å². The van der Waals surface area contributed by atoms with Gasteiger partial charge in [0, 0.05) is 17.5 Å². The second kappa shape index (κ2) is 4.82. The number of aromatic amines is 1. The first-order valence-corrected chi connectivity index (χ1v) is 5.51. The summed E-state index contributed by atoms with van der Waals surface area (Å²) in [7, 11) is 0. The van der Waals surface area contributed by atoms with Crippen LogP contribution in [0.3, 0.4) is 0 Å². The highest BCUT2D eigenvalue weighted by Crippen LogP contribution is 2.21. The molecule has 1 N–H and O–H groups in total. The minimum Gasteiger partial charge on any atom is -0.461 e. The molecule has 0 aliphatic heterocycles. The molecule has 0 saturated carbocycles. The van der Waals surface area contributed by atoms with E-state index in [1.165, 1.54) is 0 Å². The minimum atomic E-state index is -0.351. The Bertz CT molecular complexity index is 532. The first kappa shape index (κ1) is 11.4. The fourth-order valence-electron chi connectivity index (χ4n) is 1.65. The topological polar surface area (TPSA) is 55.0 Å². The molecule has 0 bridgehead atoms. The summed E-state index contributed by atoms with van der Waals surface area (Å²) < 4.78 is 4.98. The lowest BCUT2D eigenvalue weighted by molar-refractivity contribution is 0.0521. The van der Waals surface area contributed by atoms with E-state index in [0.717, 1.165) is 17.0 Å². The van der Waals surface area contributed by atoms with Crippen molar-refractivity contribution in [2.24, 2.45) is 0 Å². The van der Waals surface area contributed by atoms with Crippen LogP contribution in [0, 0.1) is 6.92 Å². The van der Waals surface area contributed by atoms with Crippen LogP contribution in [0.4, 0.5) is 0 Å². The summed E-state index contributed by atoms with van der Waals surface area (Å²) in [6.45, 7) is 4.06. The number of nitrogens with zero attached hydrogens (tertiary/aromatic N) is 1. The molecule has 2 aromatic rings. The number of aromatic nitrogens is 2. The van der Waals surface area contributed by atoms with E-state index < -0.39 is 0 Å². The largest absolute Gasteiger partial charge is 0.461 e. The molecule has 0 unspecified atom stereocenters. The van der Waals surface area contributed by atoms with Gasteiger partial charge in [-0.05, 0) is 32.0 Å². The van der Waals surface area contributed by atoms with Crippen LogP contribution in [0.5, 0.6) is 0 Å². The van der Waals surface area contributed by atoms with Crippen LogP contribution in [-0.2, 0) is 4.74 Å². The van der Waals surface area contributed by atoms with Gasteiger partial charge in [-0.15, -0.1) is 0 Å². The summed E-state index contributed by atoms with van der Waals surface area (Å²) in [5.74, 6) is -0.351. The molecule has 0 radical (unpaired) electrons. The number of carbonyl (C=O) groups excluding carboxylic acids is 1. The summed E-state index contributed by atoms with van der Waals surface area (Å²) in [6.07, 6.45) is 1.71. The summed E-state index contributed by atoms with van der Waals surface area (Å²) in [6, 6.07) is 7.53. The molecule has 2 aromatic heterocycles. The van der Waals surface area contributed by atoms with Crippen molar-refractivity contribution in [1.82, 2.24) is 9.97 Å². The van der Waals surface area contributed by atoms with E-state index in [2.05, 4.69) is 9.97 Å². The lowest BCUT2D eigenvalue weighted by atomic mass is 10.1. The molecule has 0 aliphatic rings. The molecular weight excluding hydrogens is 216 g/mol. The predicted molar refractivity (Wildman–Crippen MR) is 64.7 cm³/mol. The average Bonchev–Trinajstić information content (AvgIpc) is 2.78. The van der Waals surface area contributed by atoms with Crippen molar-refractivity contribution < 1.29 is 9.53 Å². The number of hydrogen-bond donors (Lipinski definition) is 1. The molecule has 2 heterocycles. The van der Waals surface area contributed by atoms with Gasteiger partial charge < -0.3 is 9.72 Å². The third kappa shape index (κ3) is 2.36. The molecule has 0 atom stereocenters. The number of aryl methyl sites for hydroxylation is 1. The molecule has 4 heteroatoms. The van der Waals surface area contributed by atoms with Crippen molar-refractivity contribution in [3.8, 4) is 11.3 Å². The van der Waals surface area contributed by atoms with Gasteiger partial charge in [-0.1, -0.05) is 6.07 Å². The number of pyridine rings is 1. The average molecular weight is 230 g/mol. The minimum absolute atomic E-state index is 0.351. The molecule has 0 aromatic carbocycles. The van der Waals surface area contributed by atoms with E-state index in [1.807, 2.05) is 31.2 Å². The number of ether oxygens (including phenoxy) is 1. The second-order valence-electron chi connectivity index (χ2n) is 3.65. The van der Waals surface area contributed by atoms with E-state index in [-0.39, 0.29) is 5.97 Å². The fraction of sp³-hybridized carbons (Fsp3) is 0.231. The summed E-state index contributed by atoms with van der Waals surface area (Å²) in [5, 5.41) is 0. The van der Waals surface area contributed by atoms with Crippen molar-refractivity contribution in [3.63, 3.8) is 0 Å². The third-order valence-corrected chi connectivity index (χ3v) is 2.39. The van der Waals surface area contributed by atoms with Crippen molar-refractivity contribution in [1.29, 1.82) is 0 Å². The molecule has 4 nitrogen and oxygen atoms in total. The number of rotatable bonds is 3. The number of H-pyrrole nitrogens is 1. The van der Waals surface area contributed by atoms with Gasteiger partial charge in [0.15, 0.2) is 0 Å². The van der Waals surface area contributed by atoms with Crippen molar-refractivity contribution >= 4 is 5.97 Å². The van der Waals surface area contributed by atoms with Crippen LogP contribution in [0.15, 0.2) is 30.5 Å². The Kier molecular flexibility index (Phi) is 3.23. The summed E-state index contributed by atoms with van der Waals surface area (Å²) >= 11 is 0. The molecule has 0 fully saturated rings. The van der Waals surface area contributed by atoms with Crippen LogP contribution in [-0.4, -0.2) is 22.5 Å². The highest BCUT2D eigenvalue weighted by molar-refractivity contribution is 5.94. The lowest BCUT2D eigenvalue weighted by Gasteiger charge is -2.04. The Morgan fingerprint density at radius 3 is 2.94 bits per heavy atom. The predicted octanol–water partition coefficient (Wildman–Crippen LogP) is 2.56. The highest BCUT2D eigenvalue weighted by atomic mass is 16.5. The molecule has 0 spiro atoms. The molecule has 0 saturated heterocycles. The van der Waals surface area contributed by atoms with E-state index in [9.17, 15) is 4.79 Å². The normalized spacial score (nSPS) is 10.2. The molecular formula is C13H14N2O2. The van der Waals surface area contributed by atoms with E-state index in [0.29, 0.717) is 12.3 Å². The van der Waals surface area contributed by atoms with Crippen molar-refractivity contribution in [2.75, 3.05) is 6.61 Å². The third-order valence-electron chi connectivity index (χ3n) is 2.39. The molecule has 17 heavy (non-hydrogen) atoms. The van der Waals surface area contributed by atoms with E-state index in [4.69, 9.17) is 4.74 Å². The first-order chi connectivity index (χ1) is 8.22. The SMILES string of the molecule is CCOC(=O)c1[nH]ccc1-c1cccc(C)n1. The monoisotopic (exact) mass is 230 g/mol. The first-order valence-electron chi connectivity index (χ1n) is 5.51. The summed E-state index contributed by atoms with van der Waals surface area (Å²) in [5.41, 5.74) is 2.91. The maximum absolute atomic E-state index is 11.7. The van der Waals surface area contributed by atoms with Crippen LogP contribution < -0.4 is 0 Å². The molecule has 0 aliphatic carbocycles. The number of esters is 1. The van der Waals surface area contributed by atoms with Gasteiger partial charge in [-0.3, -0.25) is 4.98 Å². The van der Waals surface area contributed by atoms with Gasteiger partial charge in [0.25, 0.3) is 0 Å². The Balaban J connectivity index is 2.40. The van der Waals surface area contributed by atoms with Gasteiger partial charge in [0.2, 0.25) is 0 Å². The van der Waals surface area contributed by atoms with Crippen LogP contribution in [0.25, 0.3) is 11.3 Å². The van der Waals surface area contributed by atoms with Crippen LogP contribution in [0.2, 0.25) is 0 Å². The van der Waals surface area contributed by atoms with Gasteiger partial charge in [0.05, 0.1) is 12.3 Å². The molecule has 88 valence electrons. The van der Waals surface area contributed by atoms with Crippen LogP contribution in [0.1, 0.15) is 23.1 Å². The zero-order valence-electron chi connectivity index (χ0n) is 9.86. The molecule has 0 amide bonds. The maximum atomic E-state index is 11.7. The Morgan fingerprint density at radius 1 is 1.41 bits per heavy atom. The Hall–Kier alpha value is -2.10. The van der Waals surface area contributed by atoms with Crippen molar-refractivity contribution in [2.45, 2.75) is 13.8 Å². The lowest BCUT2D eigenvalue weighted by Crippen LogP contribution is -2.06.